The van der Waals surface area contributed by atoms with Crippen molar-refractivity contribution in [1.29, 1.82) is 0 Å². The van der Waals surface area contributed by atoms with Crippen molar-refractivity contribution < 1.29 is 10.2 Å². The van der Waals surface area contributed by atoms with Gasteiger partial charge in [-0.3, -0.25) is 0 Å². The number of aliphatic hydroxyl groups excluding tert-OH is 2. The van der Waals surface area contributed by atoms with Gasteiger partial charge in [0.05, 0.1) is 12.2 Å². The second kappa shape index (κ2) is 6.19. The van der Waals surface area contributed by atoms with Gasteiger partial charge in [0, 0.05) is 0 Å². The lowest BCUT2D eigenvalue weighted by molar-refractivity contribution is -0.101. The van der Waals surface area contributed by atoms with E-state index >= 15 is 0 Å². The van der Waals surface area contributed by atoms with E-state index in [1.54, 1.807) is 5.57 Å². The fraction of sp³-hybridized carbons (Fsp3) is 0.905. The third kappa shape index (κ3) is 2.43. The molecule has 3 saturated carbocycles. The predicted molar refractivity (Wildman–Crippen MR) is 95.1 cm³/mol. The van der Waals surface area contributed by atoms with Crippen LogP contribution in [0.3, 0.4) is 0 Å². The molecule has 7 atom stereocenters. The van der Waals surface area contributed by atoms with E-state index in [-0.39, 0.29) is 17.6 Å². The molecular weight excluding hydrogens is 284 g/mol. The molecule has 3 fully saturated rings. The summed E-state index contributed by atoms with van der Waals surface area (Å²) >= 11 is 0. The summed E-state index contributed by atoms with van der Waals surface area (Å²) < 4.78 is 0. The van der Waals surface area contributed by atoms with E-state index < -0.39 is 0 Å². The van der Waals surface area contributed by atoms with Crippen LogP contribution >= 0.6 is 0 Å². The molecule has 23 heavy (non-hydrogen) atoms. The highest BCUT2D eigenvalue weighted by atomic mass is 16.3. The van der Waals surface area contributed by atoms with Crippen LogP contribution < -0.4 is 0 Å². The molecule has 0 aliphatic heterocycles. The van der Waals surface area contributed by atoms with Gasteiger partial charge in [-0.2, -0.15) is 0 Å². The normalized spacial score (nSPS) is 51.6. The minimum Gasteiger partial charge on any atom is -0.393 e. The summed E-state index contributed by atoms with van der Waals surface area (Å²) in [4.78, 5) is 0. The van der Waals surface area contributed by atoms with Gasteiger partial charge in [0.15, 0.2) is 0 Å². The van der Waals surface area contributed by atoms with E-state index in [2.05, 4.69) is 19.9 Å². The molecule has 4 aliphatic carbocycles. The van der Waals surface area contributed by atoms with Crippen molar-refractivity contribution in [1.82, 2.24) is 0 Å². The third-order valence-corrected chi connectivity index (χ3v) is 7.99. The Kier molecular flexibility index (Phi) is 4.70. The zero-order valence-corrected chi connectivity index (χ0v) is 15.5. The number of hydrogen-bond donors (Lipinski definition) is 2. The van der Waals surface area contributed by atoms with Crippen LogP contribution in [0.25, 0.3) is 0 Å². The molecular formula is C21H36O2. The van der Waals surface area contributed by atoms with Crippen molar-refractivity contribution >= 4 is 0 Å². The van der Waals surface area contributed by atoms with Gasteiger partial charge in [0.25, 0.3) is 0 Å². The highest BCUT2D eigenvalue weighted by molar-refractivity contribution is 5.27. The molecule has 2 nitrogen and oxygen atoms in total. The Morgan fingerprint density at radius 3 is 2.43 bits per heavy atom. The van der Waals surface area contributed by atoms with E-state index in [0.717, 1.165) is 19.3 Å². The van der Waals surface area contributed by atoms with Crippen LogP contribution in [0.2, 0.25) is 0 Å². The van der Waals surface area contributed by atoms with Crippen molar-refractivity contribution in [3.63, 3.8) is 0 Å². The molecule has 0 bridgehead atoms. The largest absolute Gasteiger partial charge is 0.393 e. The van der Waals surface area contributed by atoms with Gasteiger partial charge in [-0.25, -0.2) is 0 Å². The highest BCUT2D eigenvalue weighted by Gasteiger charge is 2.60. The van der Waals surface area contributed by atoms with Gasteiger partial charge in [0.2, 0.25) is 0 Å². The number of hydrogen-bond acceptors (Lipinski definition) is 2. The van der Waals surface area contributed by atoms with Gasteiger partial charge in [-0.15, -0.1) is 0 Å². The fourth-order valence-corrected chi connectivity index (χ4v) is 6.66. The lowest BCUT2D eigenvalue weighted by atomic mass is 9.47. The van der Waals surface area contributed by atoms with Gasteiger partial charge in [0.1, 0.15) is 0 Å². The summed E-state index contributed by atoms with van der Waals surface area (Å²) in [6, 6.07) is 0. The smallest absolute Gasteiger partial charge is 0.0757 e. The van der Waals surface area contributed by atoms with E-state index in [1.165, 1.54) is 32.1 Å². The van der Waals surface area contributed by atoms with Gasteiger partial charge in [-0.1, -0.05) is 45.8 Å². The Labute approximate surface area is 142 Å². The molecule has 4 aliphatic rings. The number of fused-ring (bicyclic) bond motifs is 5. The Bertz CT molecular complexity index is 470. The van der Waals surface area contributed by atoms with Crippen molar-refractivity contribution in [3.05, 3.63) is 11.6 Å². The molecule has 7 unspecified atom stereocenters. The number of aliphatic hydroxyl groups is 2. The van der Waals surface area contributed by atoms with Crippen molar-refractivity contribution in [2.24, 2.45) is 28.6 Å². The molecule has 0 spiro atoms. The molecule has 0 aromatic rings. The molecule has 0 aromatic heterocycles. The Morgan fingerprint density at radius 1 is 0.957 bits per heavy atom. The van der Waals surface area contributed by atoms with Gasteiger partial charge < -0.3 is 10.2 Å². The summed E-state index contributed by atoms with van der Waals surface area (Å²) in [5, 5.41) is 21.3. The molecule has 132 valence electrons. The van der Waals surface area contributed by atoms with Crippen LogP contribution in [0.15, 0.2) is 11.6 Å². The quantitative estimate of drug-likeness (QED) is 0.635. The average Bonchev–Trinajstić information content (AvgIpc) is 2.86. The van der Waals surface area contributed by atoms with Crippen LogP contribution in [0.4, 0.5) is 0 Å². The maximum Gasteiger partial charge on any atom is 0.0757 e. The number of allylic oxidation sites excluding steroid dienone is 1. The fourth-order valence-electron chi connectivity index (χ4n) is 6.66. The lowest BCUT2D eigenvalue weighted by Crippen LogP contribution is -2.54. The Balaban J connectivity index is 0.000000753. The summed E-state index contributed by atoms with van der Waals surface area (Å²) in [5.41, 5.74) is 1.93. The monoisotopic (exact) mass is 320 g/mol. The summed E-state index contributed by atoms with van der Waals surface area (Å²) in [6.07, 6.45) is 11.3. The first-order valence-electron chi connectivity index (χ1n) is 10.0. The van der Waals surface area contributed by atoms with Crippen LogP contribution in [0, 0.1) is 28.6 Å². The average molecular weight is 321 g/mol. The summed E-state index contributed by atoms with van der Waals surface area (Å²) in [7, 11) is 0. The second-order valence-corrected chi connectivity index (χ2v) is 8.74. The molecule has 2 heteroatoms. The van der Waals surface area contributed by atoms with E-state index in [1.807, 2.05) is 13.8 Å². The van der Waals surface area contributed by atoms with Crippen LogP contribution in [0.5, 0.6) is 0 Å². The number of rotatable bonds is 0. The van der Waals surface area contributed by atoms with Crippen molar-refractivity contribution in [3.8, 4) is 0 Å². The molecule has 4 rings (SSSR count). The third-order valence-electron chi connectivity index (χ3n) is 7.99. The zero-order valence-electron chi connectivity index (χ0n) is 15.5. The first-order chi connectivity index (χ1) is 11.0. The maximum atomic E-state index is 10.8. The van der Waals surface area contributed by atoms with E-state index in [0.29, 0.717) is 23.2 Å². The second-order valence-electron chi connectivity index (χ2n) is 8.74. The van der Waals surface area contributed by atoms with Gasteiger partial charge >= 0.3 is 0 Å². The van der Waals surface area contributed by atoms with Gasteiger partial charge in [-0.05, 0) is 73.5 Å². The van der Waals surface area contributed by atoms with E-state index in [9.17, 15) is 10.2 Å². The molecule has 0 radical (unpaired) electrons. The van der Waals surface area contributed by atoms with Crippen LogP contribution in [0.1, 0.15) is 79.1 Å². The van der Waals surface area contributed by atoms with Crippen molar-refractivity contribution in [2.75, 3.05) is 0 Å². The topological polar surface area (TPSA) is 40.5 Å². The maximum absolute atomic E-state index is 10.8. The molecule has 0 heterocycles. The zero-order chi connectivity index (χ0) is 16.8. The molecule has 0 amide bonds. The highest BCUT2D eigenvalue weighted by Crippen LogP contribution is 2.64. The molecule has 0 aromatic carbocycles. The Morgan fingerprint density at radius 2 is 1.70 bits per heavy atom. The summed E-state index contributed by atoms with van der Waals surface area (Å²) in [5.74, 6) is 1.53. The predicted octanol–water partition coefficient (Wildman–Crippen LogP) is 4.70. The minimum atomic E-state index is -0.272. The first kappa shape index (κ1) is 17.5. The SMILES string of the molecule is CC.CC12CCCCC1=CC(O)C1C2CCC2(C)C(O)CCC12. The molecule has 0 saturated heterocycles. The Hall–Kier alpha value is -0.340. The lowest BCUT2D eigenvalue weighted by Gasteiger charge is -2.58. The summed E-state index contributed by atoms with van der Waals surface area (Å²) in [6.45, 7) is 8.75. The van der Waals surface area contributed by atoms with E-state index in [4.69, 9.17) is 0 Å². The van der Waals surface area contributed by atoms with Crippen molar-refractivity contribution in [2.45, 2.75) is 91.3 Å². The molecule has 2 N–H and O–H groups in total. The van der Waals surface area contributed by atoms with Crippen LogP contribution in [-0.2, 0) is 0 Å². The minimum absolute atomic E-state index is 0.0541. The van der Waals surface area contributed by atoms with Crippen LogP contribution in [-0.4, -0.2) is 22.4 Å². The first-order valence-corrected chi connectivity index (χ1v) is 10.0. The standard InChI is InChI=1S/C19H30O2.C2H6/c1-18-9-4-3-5-12(18)11-15(20)17-13-6-7-16(21)19(13,2)10-8-14(17)18;1-2/h11,13-17,20-21H,3-10H2,1-2H3;1-2H3.